The van der Waals surface area contributed by atoms with Crippen LogP contribution in [0.2, 0.25) is 0 Å². The Morgan fingerprint density at radius 1 is 1.38 bits per heavy atom. The van der Waals surface area contributed by atoms with Gasteiger partial charge in [-0.25, -0.2) is 0 Å². The van der Waals surface area contributed by atoms with Crippen molar-refractivity contribution in [2.75, 3.05) is 0 Å². The van der Waals surface area contributed by atoms with Crippen LogP contribution in [0.15, 0.2) is 54.6 Å². The van der Waals surface area contributed by atoms with E-state index in [0.29, 0.717) is 6.42 Å². The maximum atomic E-state index is 12.0. The fourth-order valence-corrected chi connectivity index (χ4v) is 1.60. The first kappa shape index (κ1) is 12.4. The van der Waals surface area contributed by atoms with Gasteiger partial charge in [0.1, 0.15) is 5.78 Å². The number of allylic oxidation sites excluding steroid dienone is 3. The van der Waals surface area contributed by atoms with Gasteiger partial charge in [-0.2, -0.15) is 0 Å². The predicted octanol–water partition coefficient (Wildman–Crippen LogP) is 3.88. The van der Waals surface area contributed by atoms with Crippen LogP contribution in [0.4, 0.5) is 0 Å². The third-order valence-corrected chi connectivity index (χ3v) is 2.69. The van der Waals surface area contributed by atoms with Crippen LogP contribution >= 0.6 is 0 Å². The summed E-state index contributed by atoms with van der Waals surface area (Å²) in [4.78, 5) is 12.0. The van der Waals surface area contributed by atoms with Crippen molar-refractivity contribution in [1.29, 1.82) is 0 Å². The van der Waals surface area contributed by atoms with Crippen molar-refractivity contribution in [3.8, 4) is 0 Å². The molecule has 0 N–H and O–H groups in total. The smallest absolute Gasteiger partial charge is 0.148 e. The first-order chi connectivity index (χ1) is 7.69. The molecule has 16 heavy (non-hydrogen) atoms. The predicted molar refractivity (Wildman–Crippen MR) is 68.4 cm³/mol. The zero-order chi connectivity index (χ0) is 12.0. The average Bonchev–Trinajstić information content (AvgIpc) is 2.31. The normalized spacial score (nSPS) is 13.2. The Balaban J connectivity index is 2.84. The lowest BCUT2D eigenvalue weighted by molar-refractivity contribution is -0.118. The highest BCUT2D eigenvalue weighted by atomic mass is 16.1. The van der Waals surface area contributed by atoms with Crippen molar-refractivity contribution >= 4 is 5.78 Å². The summed E-state index contributed by atoms with van der Waals surface area (Å²) in [6.07, 6.45) is 4.20. The van der Waals surface area contributed by atoms with E-state index in [1.54, 1.807) is 6.08 Å². The molecule has 0 aliphatic heterocycles. The molecule has 0 heterocycles. The third kappa shape index (κ3) is 3.20. The number of Topliss-reactive ketones (excluding diaryl/α,β-unsaturated/α-hetero) is 1. The molecule has 1 aromatic carbocycles. The van der Waals surface area contributed by atoms with Crippen LogP contribution in [0.5, 0.6) is 0 Å². The summed E-state index contributed by atoms with van der Waals surface area (Å²) >= 11 is 0. The minimum Gasteiger partial charge on any atom is -0.298 e. The van der Waals surface area contributed by atoms with Crippen molar-refractivity contribution in [2.24, 2.45) is 0 Å². The maximum Gasteiger partial charge on any atom is 0.148 e. The van der Waals surface area contributed by atoms with Crippen LogP contribution in [-0.4, -0.2) is 5.78 Å². The molecule has 84 valence electrons. The van der Waals surface area contributed by atoms with Crippen molar-refractivity contribution in [1.82, 2.24) is 0 Å². The Kier molecular flexibility index (Phi) is 4.71. The zero-order valence-electron chi connectivity index (χ0n) is 9.94. The van der Waals surface area contributed by atoms with E-state index in [2.05, 4.69) is 6.58 Å². The topological polar surface area (TPSA) is 17.1 Å². The standard InChI is InChI=1S/C15H18O/c1-4-12(3)11-15(16)14(5-2)13-9-7-6-8-10-13/h4-10,14H,2,11H2,1,3H3/t14-/m0/s1. The number of rotatable bonds is 5. The van der Waals surface area contributed by atoms with Crippen LogP contribution in [0, 0.1) is 0 Å². The summed E-state index contributed by atoms with van der Waals surface area (Å²) in [7, 11) is 0. The number of carbonyl (C=O) groups is 1. The van der Waals surface area contributed by atoms with E-state index >= 15 is 0 Å². The molecule has 0 aliphatic carbocycles. The van der Waals surface area contributed by atoms with Gasteiger partial charge in [0.05, 0.1) is 5.92 Å². The number of benzene rings is 1. The van der Waals surface area contributed by atoms with Crippen LogP contribution in [0.1, 0.15) is 31.7 Å². The Morgan fingerprint density at radius 3 is 2.50 bits per heavy atom. The quantitative estimate of drug-likeness (QED) is 0.680. The van der Waals surface area contributed by atoms with E-state index in [9.17, 15) is 4.79 Å². The van der Waals surface area contributed by atoms with Crippen molar-refractivity contribution < 1.29 is 4.79 Å². The first-order valence-electron chi connectivity index (χ1n) is 5.51. The Morgan fingerprint density at radius 2 is 2.00 bits per heavy atom. The van der Waals surface area contributed by atoms with E-state index < -0.39 is 0 Å². The Hall–Kier alpha value is -1.63. The van der Waals surface area contributed by atoms with Gasteiger partial charge in [0.2, 0.25) is 0 Å². The highest BCUT2D eigenvalue weighted by Crippen LogP contribution is 2.20. The fraction of sp³-hybridized carbons (Fsp3) is 0.267. The van der Waals surface area contributed by atoms with Crippen LogP contribution in [0.25, 0.3) is 0 Å². The molecule has 0 spiro atoms. The second-order valence-electron chi connectivity index (χ2n) is 3.90. The van der Waals surface area contributed by atoms with Crippen molar-refractivity contribution in [3.05, 3.63) is 60.2 Å². The van der Waals surface area contributed by atoms with E-state index in [0.717, 1.165) is 11.1 Å². The monoisotopic (exact) mass is 214 g/mol. The van der Waals surface area contributed by atoms with Gasteiger partial charge in [0, 0.05) is 6.42 Å². The molecule has 1 heteroatoms. The minimum absolute atomic E-state index is 0.184. The molecule has 0 aliphatic rings. The number of hydrogen-bond acceptors (Lipinski definition) is 1. The van der Waals surface area contributed by atoms with Gasteiger partial charge in [-0.1, -0.05) is 48.1 Å². The van der Waals surface area contributed by atoms with Gasteiger partial charge in [-0.15, -0.1) is 6.58 Å². The lowest BCUT2D eigenvalue weighted by atomic mass is 9.91. The molecule has 0 aromatic heterocycles. The second kappa shape index (κ2) is 6.06. The highest BCUT2D eigenvalue weighted by Gasteiger charge is 2.16. The second-order valence-corrected chi connectivity index (χ2v) is 3.90. The lowest BCUT2D eigenvalue weighted by Gasteiger charge is -2.11. The van der Waals surface area contributed by atoms with E-state index in [1.807, 2.05) is 50.3 Å². The van der Waals surface area contributed by atoms with Crippen LogP contribution < -0.4 is 0 Å². The molecular formula is C15H18O. The third-order valence-electron chi connectivity index (χ3n) is 2.69. The molecular weight excluding hydrogens is 196 g/mol. The molecule has 0 radical (unpaired) electrons. The van der Waals surface area contributed by atoms with Gasteiger partial charge in [-0.05, 0) is 19.4 Å². The summed E-state index contributed by atoms with van der Waals surface area (Å²) in [5, 5.41) is 0. The summed E-state index contributed by atoms with van der Waals surface area (Å²) < 4.78 is 0. The minimum atomic E-state index is -0.184. The average molecular weight is 214 g/mol. The van der Waals surface area contributed by atoms with Gasteiger partial charge < -0.3 is 0 Å². The van der Waals surface area contributed by atoms with E-state index in [4.69, 9.17) is 0 Å². The summed E-state index contributed by atoms with van der Waals surface area (Å²) in [5.74, 6) is 0.0212. The molecule has 1 rings (SSSR count). The molecule has 0 saturated heterocycles. The molecule has 1 nitrogen and oxygen atoms in total. The van der Waals surface area contributed by atoms with Crippen molar-refractivity contribution in [3.63, 3.8) is 0 Å². The molecule has 0 saturated carbocycles. The molecule has 0 amide bonds. The van der Waals surface area contributed by atoms with E-state index in [-0.39, 0.29) is 11.7 Å². The molecule has 1 aromatic rings. The maximum absolute atomic E-state index is 12.0. The Labute approximate surface area is 97.5 Å². The van der Waals surface area contributed by atoms with E-state index in [1.165, 1.54) is 0 Å². The fourth-order valence-electron chi connectivity index (χ4n) is 1.60. The summed E-state index contributed by atoms with van der Waals surface area (Å²) in [6, 6.07) is 9.78. The Bertz CT molecular complexity index is 387. The van der Waals surface area contributed by atoms with Gasteiger partial charge in [-0.3, -0.25) is 4.79 Å². The number of ketones is 1. The van der Waals surface area contributed by atoms with Gasteiger partial charge in [0.25, 0.3) is 0 Å². The molecule has 0 unspecified atom stereocenters. The lowest BCUT2D eigenvalue weighted by Crippen LogP contribution is -2.10. The van der Waals surface area contributed by atoms with Gasteiger partial charge >= 0.3 is 0 Å². The van der Waals surface area contributed by atoms with Crippen LogP contribution in [-0.2, 0) is 4.79 Å². The molecule has 0 fully saturated rings. The number of hydrogen-bond donors (Lipinski definition) is 0. The van der Waals surface area contributed by atoms with Crippen LogP contribution in [0.3, 0.4) is 0 Å². The van der Waals surface area contributed by atoms with Crippen molar-refractivity contribution in [2.45, 2.75) is 26.2 Å². The number of carbonyl (C=O) groups excluding carboxylic acids is 1. The molecule has 0 bridgehead atoms. The highest BCUT2D eigenvalue weighted by molar-refractivity contribution is 5.89. The molecule has 1 atom stereocenters. The first-order valence-corrected chi connectivity index (χ1v) is 5.51. The zero-order valence-corrected chi connectivity index (χ0v) is 9.94. The van der Waals surface area contributed by atoms with Gasteiger partial charge in [0.15, 0.2) is 0 Å². The largest absolute Gasteiger partial charge is 0.298 e. The summed E-state index contributed by atoms with van der Waals surface area (Å²) in [6.45, 7) is 7.68. The summed E-state index contributed by atoms with van der Waals surface area (Å²) in [5.41, 5.74) is 2.12. The SMILES string of the molecule is C=C[C@H](C(=O)CC(C)=CC)c1ccccc1.